The SMILES string of the molecule is C#CCN1CCC2=C(C1)c1c(OC(=O)C(C)CCN3CCCCC3C)cc(C(C)C(C)CCCCC)cc1OC2(C)C. The van der Waals surface area contributed by atoms with Crippen molar-refractivity contribution in [2.75, 3.05) is 32.7 Å². The van der Waals surface area contributed by atoms with Crippen LogP contribution in [0.15, 0.2) is 17.7 Å². The van der Waals surface area contributed by atoms with Gasteiger partial charge in [0.2, 0.25) is 0 Å². The van der Waals surface area contributed by atoms with Crippen molar-refractivity contribution in [3.63, 3.8) is 0 Å². The highest BCUT2D eigenvalue weighted by Crippen LogP contribution is 2.50. The number of fused-ring (bicyclic) bond motifs is 2. The maximum atomic E-state index is 13.7. The number of likely N-dealkylation sites (tertiary alicyclic amines) is 1. The van der Waals surface area contributed by atoms with E-state index in [0.29, 0.717) is 30.2 Å². The van der Waals surface area contributed by atoms with Crippen LogP contribution in [0.3, 0.4) is 0 Å². The number of nitrogens with zero attached hydrogens (tertiary/aromatic N) is 2. The summed E-state index contributed by atoms with van der Waals surface area (Å²) in [4.78, 5) is 18.5. The van der Waals surface area contributed by atoms with Gasteiger partial charge in [-0.3, -0.25) is 9.69 Å². The van der Waals surface area contributed by atoms with Crippen LogP contribution in [-0.4, -0.2) is 60.1 Å². The Hall–Kier alpha value is -2.29. The zero-order valence-corrected chi connectivity index (χ0v) is 27.6. The van der Waals surface area contributed by atoms with E-state index in [1.165, 1.54) is 61.7 Å². The topological polar surface area (TPSA) is 42.0 Å². The number of carbonyl (C=O) groups excluding carboxylic acids is 1. The number of ether oxygens (including phenoxy) is 2. The molecule has 0 spiro atoms. The Morgan fingerprint density at radius 1 is 1.17 bits per heavy atom. The number of benzene rings is 1. The number of carbonyl (C=O) groups is 1. The molecule has 0 N–H and O–H groups in total. The third-order valence-corrected chi connectivity index (χ3v) is 10.3. The molecule has 0 amide bonds. The second kappa shape index (κ2) is 14.5. The molecule has 0 bridgehead atoms. The van der Waals surface area contributed by atoms with Crippen LogP contribution >= 0.6 is 0 Å². The van der Waals surface area contributed by atoms with E-state index in [-0.39, 0.29) is 11.9 Å². The molecule has 0 saturated carbocycles. The van der Waals surface area contributed by atoms with Crippen molar-refractivity contribution in [2.45, 2.75) is 124 Å². The van der Waals surface area contributed by atoms with Crippen LogP contribution in [0.5, 0.6) is 11.5 Å². The molecule has 1 aromatic rings. The zero-order valence-electron chi connectivity index (χ0n) is 27.6. The van der Waals surface area contributed by atoms with Gasteiger partial charge in [-0.2, -0.15) is 0 Å². The fourth-order valence-electron chi connectivity index (χ4n) is 7.12. The molecule has 5 heteroatoms. The Morgan fingerprint density at radius 3 is 2.67 bits per heavy atom. The third-order valence-electron chi connectivity index (χ3n) is 10.3. The van der Waals surface area contributed by atoms with Crippen molar-refractivity contribution in [1.29, 1.82) is 0 Å². The molecule has 1 fully saturated rings. The molecule has 5 nitrogen and oxygen atoms in total. The number of esters is 1. The normalized spacial score (nSPS) is 22.8. The van der Waals surface area contributed by atoms with Gasteiger partial charge in [-0.05, 0) is 100 Å². The van der Waals surface area contributed by atoms with Crippen LogP contribution < -0.4 is 9.47 Å². The van der Waals surface area contributed by atoms with Crippen molar-refractivity contribution in [2.24, 2.45) is 11.8 Å². The van der Waals surface area contributed by atoms with Gasteiger partial charge in [0, 0.05) is 19.1 Å². The summed E-state index contributed by atoms with van der Waals surface area (Å²) in [6.07, 6.45) is 16.2. The lowest BCUT2D eigenvalue weighted by Gasteiger charge is -2.42. The predicted molar refractivity (Wildman–Crippen MR) is 174 cm³/mol. The number of terminal acetylenes is 1. The van der Waals surface area contributed by atoms with Crippen molar-refractivity contribution in [3.05, 3.63) is 28.8 Å². The van der Waals surface area contributed by atoms with Gasteiger partial charge in [-0.15, -0.1) is 6.42 Å². The van der Waals surface area contributed by atoms with Gasteiger partial charge in [0.15, 0.2) is 0 Å². The summed E-state index contributed by atoms with van der Waals surface area (Å²) in [5, 5.41) is 0. The maximum absolute atomic E-state index is 13.7. The van der Waals surface area contributed by atoms with E-state index in [1.54, 1.807) is 0 Å². The van der Waals surface area contributed by atoms with E-state index >= 15 is 0 Å². The van der Waals surface area contributed by atoms with Gasteiger partial charge in [-0.1, -0.05) is 65.7 Å². The van der Waals surface area contributed by atoms with E-state index in [2.05, 4.69) is 69.4 Å². The summed E-state index contributed by atoms with van der Waals surface area (Å²) in [6.45, 7) is 19.9. The zero-order chi connectivity index (χ0) is 30.4. The minimum Gasteiger partial charge on any atom is -0.483 e. The largest absolute Gasteiger partial charge is 0.483 e. The van der Waals surface area contributed by atoms with Gasteiger partial charge in [0.1, 0.15) is 17.1 Å². The average molecular weight is 577 g/mol. The molecule has 0 aliphatic carbocycles. The average Bonchev–Trinajstić information content (AvgIpc) is 2.95. The van der Waals surface area contributed by atoms with Crippen LogP contribution in [0.4, 0.5) is 0 Å². The summed E-state index contributed by atoms with van der Waals surface area (Å²) in [5.74, 6) is 4.84. The summed E-state index contributed by atoms with van der Waals surface area (Å²) in [7, 11) is 0. The molecule has 0 radical (unpaired) electrons. The molecular weight excluding hydrogens is 520 g/mol. The van der Waals surface area contributed by atoms with Crippen molar-refractivity contribution in [1.82, 2.24) is 9.80 Å². The Kier molecular flexibility index (Phi) is 11.2. The highest BCUT2D eigenvalue weighted by Gasteiger charge is 2.40. The van der Waals surface area contributed by atoms with E-state index in [1.807, 2.05) is 6.92 Å². The third kappa shape index (κ3) is 7.61. The first-order chi connectivity index (χ1) is 20.1. The van der Waals surface area contributed by atoms with E-state index in [4.69, 9.17) is 15.9 Å². The predicted octanol–water partition coefficient (Wildman–Crippen LogP) is 8.08. The molecule has 0 aromatic heterocycles. The first kappa shape index (κ1) is 32.6. The number of hydrogen-bond acceptors (Lipinski definition) is 5. The molecule has 4 unspecified atom stereocenters. The van der Waals surface area contributed by atoms with Gasteiger partial charge < -0.3 is 14.4 Å². The van der Waals surface area contributed by atoms with E-state index in [9.17, 15) is 4.79 Å². The van der Waals surface area contributed by atoms with Crippen LogP contribution in [0.25, 0.3) is 5.57 Å². The fourth-order valence-corrected chi connectivity index (χ4v) is 7.12. The molecule has 1 aromatic carbocycles. The monoisotopic (exact) mass is 576 g/mol. The number of piperidine rings is 1. The van der Waals surface area contributed by atoms with E-state index < -0.39 is 5.60 Å². The van der Waals surface area contributed by atoms with Crippen LogP contribution in [0, 0.1) is 24.2 Å². The minimum absolute atomic E-state index is 0.147. The van der Waals surface area contributed by atoms with Gasteiger partial charge in [0.05, 0.1) is 18.0 Å². The highest BCUT2D eigenvalue weighted by atomic mass is 16.5. The molecule has 3 aliphatic heterocycles. The lowest BCUT2D eigenvalue weighted by molar-refractivity contribution is -0.138. The van der Waals surface area contributed by atoms with Crippen LogP contribution in [0.1, 0.15) is 123 Å². The fraction of sp³-hybridized carbons (Fsp3) is 0.703. The Bertz CT molecular complexity index is 1160. The van der Waals surface area contributed by atoms with Crippen LogP contribution in [0.2, 0.25) is 0 Å². The standard InChI is InChI=1S/C37H56N2O3/c1-9-11-12-15-26(3)29(6)30-23-33(41-36(40)27(4)17-22-39-20-14-13-16-28(39)5)35-31-25-38(19-10-2)21-18-32(31)37(7,8)42-34(35)24-30/h2,23-24,26-29H,9,11-22,25H2,1,3-8H3. The Morgan fingerprint density at radius 2 is 1.95 bits per heavy atom. The van der Waals surface area contributed by atoms with Gasteiger partial charge in [-0.25, -0.2) is 0 Å². The molecule has 4 rings (SSSR count). The summed E-state index contributed by atoms with van der Waals surface area (Å²) in [6, 6.07) is 4.96. The molecule has 3 aliphatic rings. The van der Waals surface area contributed by atoms with Crippen LogP contribution in [-0.2, 0) is 4.79 Å². The molecule has 4 atom stereocenters. The van der Waals surface area contributed by atoms with E-state index in [0.717, 1.165) is 50.3 Å². The molecule has 232 valence electrons. The molecule has 1 saturated heterocycles. The van der Waals surface area contributed by atoms with Gasteiger partial charge >= 0.3 is 5.97 Å². The lowest BCUT2D eigenvalue weighted by Crippen LogP contribution is -2.42. The number of hydrogen-bond donors (Lipinski definition) is 0. The summed E-state index contributed by atoms with van der Waals surface area (Å²) < 4.78 is 13.2. The molecular formula is C37H56N2O3. The van der Waals surface area contributed by atoms with Crippen molar-refractivity contribution >= 4 is 11.5 Å². The smallest absolute Gasteiger partial charge is 0.314 e. The maximum Gasteiger partial charge on any atom is 0.314 e. The first-order valence-electron chi connectivity index (χ1n) is 16.8. The summed E-state index contributed by atoms with van der Waals surface area (Å²) >= 11 is 0. The quantitative estimate of drug-likeness (QED) is 0.109. The Balaban J connectivity index is 1.65. The molecule has 3 heterocycles. The number of rotatable bonds is 12. The highest BCUT2D eigenvalue weighted by molar-refractivity contribution is 5.85. The number of unbranched alkanes of at least 4 members (excludes halogenated alkanes) is 2. The van der Waals surface area contributed by atoms with Crippen molar-refractivity contribution < 1.29 is 14.3 Å². The summed E-state index contributed by atoms with van der Waals surface area (Å²) in [5.41, 5.74) is 4.23. The van der Waals surface area contributed by atoms with Crippen molar-refractivity contribution in [3.8, 4) is 23.8 Å². The second-order valence-electron chi connectivity index (χ2n) is 13.9. The second-order valence-corrected chi connectivity index (χ2v) is 13.9. The first-order valence-corrected chi connectivity index (χ1v) is 16.8. The molecule has 42 heavy (non-hydrogen) atoms. The minimum atomic E-state index is -0.418. The van der Waals surface area contributed by atoms with Gasteiger partial charge in [0.25, 0.3) is 0 Å². The lowest BCUT2D eigenvalue weighted by atomic mass is 9.79. The Labute approximate surface area is 256 Å².